The molecule has 1 saturated carbocycles. The number of rotatable bonds is 10. The van der Waals surface area contributed by atoms with Crippen LogP contribution in [0.1, 0.15) is 52.9 Å². The van der Waals surface area contributed by atoms with Crippen molar-refractivity contribution in [3.05, 3.63) is 0 Å². The molecule has 0 saturated heterocycles. The minimum absolute atomic E-state index is 0.119. The van der Waals surface area contributed by atoms with Gasteiger partial charge < -0.3 is 4.74 Å². The largest absolute Gasteiger partial charge is 0.468 e. The minimum Gasteiger partial charge on any atom is -0.468 e. The van der Waals surface area contributed by atoms with Crippen LogP contribution in [0.3, 0.4) is 0 Å². The van der Waals surface area contributed by atoms with Gasteiger partial charge in [-0.25, -0.2) is 0 Å². The van der Waals surface area contributed by atoms with Gasteiger partial charge in [-0.15, -0.1) is 0 Å². The lowest BCUT2D eigenvalue weighted by Gasteiger charge is -2.28. The standard InChI is InChI=1S/C15H29NO2S/c1-12(2)8-11-19-10-5-9-15(3,14(17)18-4)16-13-6-7-13/h12-13,16H,5-11H2,1-4H3. The molecule has 0 spiro atoms. The van der Waals surface area contributed by atoms with E-state index in [0.717, 1.165) is 24.5 Å². The first kappa shape index (κ1) is 16.8. The van der Waals surface area contributed by atoms with Crippen LogP contribution in [0.4, 0.5) is 0 Å². The van der Waals surface area contributed by atoms with Gasteiger partial charge in [0, 0.05) is 6.04 Å². The number of methoxy groups -OCH3 is 1. The number of carbonyl (C=O) groups excluding carboxylic acids is 1. The predicted molar refractivity (Wildman–Crippen MR) is 82.6 cm³/mol. The molecule has 0 aliphatic heterocycles. The summed E-state index contributed by atoms with van der Waals surface area (Å²) < 4.78 is 4.95. The van der Waals surface area contributed by atoms with Crippen LogP contribution < -0.4 is 5.32 Å². The van der Waals surface area contributed by atoms with E-state index in [-0.39, 0.29) is 5.97 Å². The van der Waals surface area contributed by atoms with Crippen LogP contribution in [0.25, 0.3) is 0 Å². The molecular formula is C15H29NO2S. The van der Waals surface area contributed by atoms with Gasteiger partial charge in [0.15, 0.2) is 0 Å². The molecule has 0 aromatic heterocycles. The maximum atomic E-state index is 11.9. The van der Waals surface area contributed by atoms with Crippen LogP contribution in [0.5, 0.6) is 0 Å². The first-order valence-corrected chi connectivity index (χ1v) is 8.57. The molecule has 112 valence electrons. The monoisotopic (exact) mass is 287 g/mol. The van der Waals surface area contributed by atoms with E-state index >= 15 is 0 Å². The van der Waals surface area contributed by atoms with Gasteiger partial charge in [-0.1, -0.05) is 13.8 Å². The maximum Gasteiger partial charge on any atom is 0.325 e. The SMILES string of the molecule is COC(=O)C(C)(CCCSCCC(C)C)NC1CC1. The second kappa shape index (κ2) is 8.15. The molecule has 0 aromatic carbocycles. The smallest absolute Gasteiger partial charge is 0.325 e. The Balaban J connectivity index is 2.22. The Morgan fingerprint density at radius 2 is 2.11 bits per heavy atom. The Kier molecular flexibility index (Phi) is 7.22. The Labute approximate surface area is 122 Å². The van der Waals surface area contributed by atoms with E-state index in [4.69, 9.17) is 4.74 Å². The normalized spacial score (nSPS) is 18.4. The van der Waals surface area contributed by atoms with Crippen molar-refractivity contribution in [2.75, 3.05) is 18.6 Å². The fourth-order valence-electron chi connectivity index (χ4n) is 2.09. The highest BCUT2D eigenvalue weighted by Crippen LogP contribution is 2.26. The summed E-state index contributed by atoms with van der Waals surface area (Å²) in [7, 11) is 1.48. The molecule has 4 heteroatoms. The summed E-state index contributed by atoms with van der Waals surface area (Å²) in [5.41, 5.74) is -0.492. The van der Waals surface area contributed by atoms with Crippen LogP contribution in [-0.4, -0.2) is 36.2 Å². The number of thioether (sulfide) groups is 1. The fourth-order valence-corrected chi connectivity index (χ4v) is 3.28. The first-order valence-electron chi connectivity index (χ1n) is 7.42. The van der Waals surface area contributed by atoms with Crippen LogP contribution in [0, 0.1) is 5.92 Å². The number of esters is 1. The number of carbonyl (C=O) groups is 1. The van der Waals surface area contributed by atoms with Crippen molar-refractivity contribution in [1.82, 2.24) is 5.32 Å². The summed E-state index contributed by atoms with van der Waals surface area (Å²) in [4.78, 5) is 11.9. The molecule has 0 amide bonds. The summed E-state index contributed by atoms with van der Waals surface area (Å²) in [6.45, 7) is 6.50. The van der Waals surface area contributed by atoms with E-state index in [2.05, 4.69) is 19.2 Å². The van der Waals surface area contributed by atoms with Gasteiger partial charge in [0.25, 0.3) is 0 Å². The summed E-state index contributed by atoms with van der Waals surface area (Å²) in [5.74, 6) is 3.02. The van der Waals surface area contributed by atoms with Crippen LogP contribution in [-0.2, 0) is 9.53 Å². The van der Waals surface area contributed by atoms with Crippen molar-refractivity contribution in [2.45, 2.75) is 64.5 Å². The van der Waals surface area contributed by atoms with E-state index < -0.39 is 5.54 Å². The van der Waals surface area contributed by atoms with E-state index in [0.29, 0.717) is 6.04 Å². The average molecular weight is 287 g/mol. The van der Waals surface area contributed by atoms with Gasteiger partial charge in [-0.3, -0.25) is 10.1 Å². The molecule has 0 bridgehead atoms. The molecule has 1 fully saturated rings. The molecule has 1 N–H and O–H groups in total. The third kappa shape index (κ3) is 6.66. The second-order valence-corrected chi connectivity index (χ2v) is 7.37. The lowest BCUT2D eigenvalue weighted by atomic mass is 9.96. The Morgan fingerprint density at radius 3 is 2.63 bits per heavy atom. The highest BCUT2D eigenvalue weighted by molar-refractivity contribution is 7.99. The molecule has 1 unspecified atom stereocenters. The lowest BCUT2D eigenvalue weighted by Crippen LogP contribution is -2.51. The molecule has 1 aliphatic rings. The average Bonchev–Trinajstić information content (AvgIpc) is 3.15. The van der Waals surface area contributed by atoms with Gasteiger partial charge in [-0.2, -0.15) is 11.8 Å². The molecule has 19 heavy (non-hydrogen) atoms. The Morgan fingerprint density at radius 1 is 1.42 bits per heavy atom. The zero-order valence-corrected chi connectivity index (χ0v) is 13.6. The Hall–Kier alpha value is -0.220. The van der Waals surface area contributed by atoms with Gasteiger partial charge in [0.05, 0.1) is 7.11 Å². The van der Waals surface area contributed by atoms with Crippen LogP contribution in [0.15, 0.2) is 0 Å². The molecule has 1 rings (SSSR count). The number of nitrogens with one attached hydrogen (secondary N) is 1. The highest BCUT2D eigenvalue weighted by Gasteiger charge is 2.38. The highest BCUT2D eigenvalue weighted by atomic mass is 32.2. The molecule has 0 heterocycles. The number of hydrogen-bond acceptors (Lipinski definition) is 4. The summed E-state index contributed by atoms with van der Waals surface area (Å²) >= 11 is 2.00. The fraction of sp³-hybridized carbons (Fsp3) is 0.933. The molecule has 0 radical (unpaired) electrons. The number of ether oxygens (including phenoxy) is 1. The number of hydrogen-bond donors (Lipinski definition) is 1. The van der Waals surface area contributed by atoms with Crippen molar-refractivity contribution in [2.24, 2.45) is 5.92 Å². The van der Waals surface area contributed by atoms with Gasteiger partial charge in [-0.05, 0) is 56.5 Å². The second-order valence-electron chi connectivity index (χ2n) is 6.14. The van der Waals surface area contributed by atoms with Gasteiger partial charge >= 0.3 is 5.97 Å². The quantitative estimate of drug-likeness (QED) is 0.494. The van der Waals surface area contributed by atoms with Crippen molar-refractivity contribution < 1.29 is 9.53 Å². The third-order valence-corrected chi connectivity index (χ3v) is 4.64. The Bertz CT molecular complexity index is 279. The molecule has 0 aromatic rings. The summed E-state index contributed by atoms with van der Waals surface area (Å²) in [6, 6.07) is 0.526. The van der Waals surface area contributed by atoms with E-state index in [1.807, 2.05) is 18.7 Å². The van der Waals surface area contributed by atoms with Gasteiger partial charge in [0.2, 0.25) is 0 Å². The molecular weight excluding hydrogens is 258 g/mol. The summed E-state index contributed by atoms with van der Waals surface area (Å²) in [5, 5.41) is 3.44. The van der Waals surface area contributed by atoms with Crippen molar-refractivity contribution in [3.63, 3.8) is 0 Å². The van der Waals surface area contributed by atoms with Crippen molar-refractivity contribution >= 4 is 17.7 Å². The molecule has 1 aliphatic carbocycles. The molecule has 1 atom stereocenters. The zero-order valence-electron chi connectivity index (χ0n) is 12.8. The third-order valence-electron chi connectivity index (χ3n) is 3.54. The summed E-state index contributed by atoms with van der Waals surface area (Å²) in [6.07, 6.45) is 5.59. The molecule has 3 nitrogen and oxygen atoms in total. The zero-order chi connectivity index (χ0) is 14.3. The van der Waals surface area contributed by atoms with Gasteiger partial charge in [0.1, 0.15) is 5.54 Å². The van der Waals surface area contributed by atoms with Crippen LogP contribution in [0.2, 0.25) is 0 Å². The first-order chi connectivity index (χ1) is 8.98. The van der Waals surface area contributed by atoms with E-state index in [9.17, 15) is 4.79 Å². The maximum absolute atomic E-state index is 11.9. The topological polar surface area (TPSA) is 38.3 Å². The van der Waals surface area contributed by atoms with Crippen molar-refractivity contribution in [1.29, 1.82) is 0 Å². The minimum atomic E-state index is -0.492. The lowest BCUT2D eigenvalue weighted by molar-refractivity contribution is -0.148. The van der Waals surface area contributed by atoms with E-state index in [1.165, 1.54) is 32.1 Å². The van der Waals surface area contributed by atoms with Crippen LogP contribution >= 0.6 is 11.8 Å². The van der Waals surface area contributed by atoms with Crippen molar-refractivity contribution in [3.8, 4) is 0 Å². The van der Waals surface area contributed by atoms with E-state index in [1.54, 1.807) is 0 Å². The predicted octanol–water partition coefficient (Wildman–Crippen LogP) is 3.23.